The molecule has 1 heterocycles. The molecular weight excluding hydrogens is 402 g/mol. The number of hydrogen-bond donors (Lipinski definition) is 1. The number of anilines is 1. The predicted molar refractivity (Wildman–Crippen MR) is 127 cm³/mol. The molecule has 5 heteroatoms. The third kappa shape index (κ3) is 4.28. The first-order valence-corrected chi connectivity index (χ1v) is 10.6. The van der Waals surface area contributed by atoms with Crippen molar-refractivity contribution in [1.82, 2.24) is 0 Å². The van der Waals surface area contributed by atoms with E-state index in [0.29, 0.717) is 34.4 Å². The van der Waals surface area contributed by atoms with Gasteiger partial charge in [-0.2, -0.15) is 0 Å². The lowest BCUT2D eigenvalue weighted by atomic mass is 10.1. The fourth-order valence-electron chi connectivity index (χ4n) is 3.52. The molecule has 4 aromatic rings. The summed E-state index contributed by atoms with van der Waals surface area (Å²) in [5, 5.41) is 3.31. The Hall–Kier alpha value is -3.86. The van der Waals surface area contributed by atoms with Crippen molar-refractivity contribution in [2.45, 2.75) is 33.3 Å². The third-order valence-electron chi connectivity index (χ3n) is 5.49. The lowest BCUT2D eigenvalue weighted by Crippen LogP contribution is -2.34. The van der Waals surface area contributed by atoms with Crippen molar-refractivity contribution in [1.29, 1.82) is 0 Å². The summed E-state index contributed by atoms with van der Waals surface area (Å²) in [6.07, 6.45) is -0.472. The number of ether oxygens (including phenoxy) is 1. The summed E-state index contributed by atoms with van der Waals surface area (Å²) in [5.41, 5.74) is 3.79. The Balaban J connectivity index is 1.72. The Morgan fingerprint density at radius 3 is 2.41 bits per heavy atom. The molecule has 0 aliphatic heterocycles. The van der Waals surface area contributed by atoms with Crippen LogP contribution in [0.3, 0.4) is 0 Å². The largest absolute Gasteiger partial charge is 0.473 e. The first-order chi connectivity index (χ1) is 15.5. The van der Waals surface area contributed by atoms with E-state index in [2.05, 4.69) is 5.32 Å². The summed E-state index contributed by atoms with van der Waals surface area (Å²) in [5.74, 6) is 0.0334. The van der Waals surface area contributed by atoms with Gasteiger partial charge in [0.15, 0.2) is 11.9 Å². The molecule has 1 unspecified atom stereocenters. The minimum atomic E-state index is -0.858. The predicted octanol–water partition coefficient (Wildman–Crippen LogP) is 5.87. The molecular formula is C27H25NO4. The summed E-state index contributed by atoms with van der Waals surface area (Å²) in [6.45, 7) is 5.85. The molecule has 0 bridgehead atoms. The van der Waals surface area contributed by atoms with Crippen LogP contribution < -0.4 is 15.5 Å². The minimum Gasteiger partial charge on any atom is -0.473 e. The van der Waals surface area contributed by atoms with Gasteiger partial charge in [-0.3, -0.25) is 9.59 Å². The van der Waals surface area contributed by atoms with E-state index in [9.17, 15) is 9.59 Å². The quantitative estimate of drug-likeness (QED) is 0.418. The molecule has 0 aliphatic rings. The number of rotatable bonds is 6. The van der Waals surface area contributed by atoms with Gasteiger partial charge in [-0.1, -0.05) is 55.5 Å². The highest BCUT2D eigenvalue weighted by atomic mass is 16.5. The molecule has 162 valence electrons. The van der Waals surface area contributed by atoms with Gasteiger partial charge in [0, 0.05) is 11.3 Å². The summed E-state index contributed by atoms with van der Waals surface area (Å²) in [6, 6.07) is 22.0. The van der Waals surface area contributed by atoms with E-state index in [1.807, 2.05) is 75.4 Å². The SMILES string of the molecule is CCC(Oc1c(-c2ccccc2)oc2ccccc2c1=O)C(=O)Nc1ccc(C)c(C)c1. The van der Waals surface area contributed by atoms with Crippen LogP contribution in [0.2, 0.25) is 0 Å². The molecule has 1 atom stereocenters. The summed E-state index contributed by atoms with van der Waals surface area (Å²) < 4.78 is 12.1. The summed E-state index contributed by atoms with van der Waals surface area (Å²) in [4.78, 5) is 26.3. The summed E-state index contributed by atoms with van der Waals surface area (Å²) >= 11 is 0. The molecule has 32 heavy (non-hydrogen) atoms. The fraction of sp³-hybridized carbons (Fsp3) is 0.185. The van der Waals surface area contributed by atoms with Crippen LogP contribution in [0.15, 0.2) is 82.0 Å². The average Bonchev–Trinajstić information content (AvgIpc) is 2.81. The first-order valence-electron chi connectivity index (χ1n) is 10.6. The monoisotopic (exact) mass is 427 g/mol. The second-order valence-corrected chi connectivity index (χ2v) is 7.75. The van der Waals surface area contributed by atoms with Gasteiger partial charge >= 0.3 is 0 Å². The maximum Gasteiger partial charge on any atom is 0.265 e. The lowest BCUT2D eigenvalue weighted by Gasteiger charge is -2.19. The molecule has 1 aromatic heterocycles. The van der Waals surface area contributed by atoms with Crippen molar-refractivity contribution in [2.75, 3.05) is 5.32 Å². The van der Waals surface area contributed by atoms with Crippen LogP contribution in [0.1, 0.15) is 24.5 Å². The topological polar surface area (TPSA) is 68.5 Å². The molecule has 0 spiro atoms. The van der Waals surface area contributed by atoms with Gasteiger partial charge < -0.3 is 14.5 Å². The minimum absolute atomic E-state index is 0.0389. The van der Waals surface area contributed by atoms with Gasteiger partial charge in [0.1, 0.15) is 5.58 Å². The van der Waals surface area contributed by atoms with Crippen molar-refractivity contribution >= 4 is 22.6 Å². The van der Waals surface area contributed by atoms with Gasteiger partial charge in [-0.25, -0.2) is 0 Å². The average molecular weight is 428 g/mol. The van der Waals surface area contributed by atoms with Crippen molar-refractivity contribution in [3.63, 3.8) is 0 Å². The number of hydrogen-bond acceptors (Lipinski definition) is 4. The molecule has 4 rings (SSSR count). The highest BCUT2D eigenvalue weighted by molar-refractivity contribution is 5.94. The van der Waals surface area contributed by atoms with Crippen LogP contribution in [0.5, 0.6) is 5.75 Å². The number of amides is 1. The van der Waals surface area contributed by atoms with E-state index in [-0.39, 0.29) is 17.1 Å². The van der Waals surface area contributed by atoms with Crippen LogP contribution in [0.4, 0.5) is 5.69 Å². The molecule has 1 N–H and O–H groups in total. The van der Waals surface area contributed by atoms with Crippen molar-refractivity contribution < 1.29 is 13.9 Å². The normalized spacial score (nSPS) is 11.8. The number of carbonyl (C=O) groups excluding carboxylic acids is 1. The zero-order valence-corrected chi connectivity index (χ0v) is 18.3. The molecule has 0 radical (unpaired) electrons. The molecule has 1 amide bonds. The Morgan fingerprint density at radius 2 is 1.69 bits per heavy atom. The van der Waals surface area contributed by atoms with Gasteiger partial charge in [-0.05, 0) is 55.7 Å². The molecule has 0 aliphatic carbocycles. The lowest BCUT2D eigenvalue weighted by molar-refractivity contribution is -0.122. The first kappa shape index (κ1) is 21.4. The number of aryl methyl sites for hydroxylation is 2. The van der Waals surface area contributed by atoms with E-state index in [4.69, 9.17) is 9.15 Å². The van der Waals surface area contributed by atoms with Crippen molar-refractivity contribution in [3.05, 3.63) is 94.1 Å². The fourth-order valence-corrected chi connectivity index (χ4v) is 3.52. The van der Waals surface area contributed by atoms with E-state index >= 15 is 0 Å². The number of fused-ring (bicyclic) bond motifs is 1. The smallest absolute Gasteiger partial charge is 0.265 e. The zero-order chi connectivity index (χ0) is 22.7. The molecule has 3 aromatic carbocycles. The van der Waals surface area contributed by atoms with Gasteiger partial charge in [0.05, 0.1) is 5.39 Å². The highest BCUT2D eigenvalue weighted by Gasteiger charge is 2.25. The van der Waals surface area contributed by atoms with Gasteiger partial charge in [0.25, 0.3) is 5.91 Å². The molecule has 0 saturated carbocycles. The zero-order valence-electron chi connectivity index (χ0n) is 18.3. The second kappa shape index (κ2) is 9.10. The van der Waals surface area contributed by atoms with E-state index < -0.39 is 6.10 Å². The Bertz CT molecular complexity index is 1320. The van der Waals surface area contributed by atoms with E-state index in [0.717, 1.165) is 11.1 Å². The van der Waals surface area contributed by atoms with E-state index in [1.54, 1.807) is 18.2 Å². The summed E-state index contributed by atoms with van der Waals surface area (Å²) in [7, 11) is 0. The molecule has 5 nitrogen and oxygen atoms in total. The van der Waals surface area contributed by atoms with Gasteiger partial charge in [0.2, 0.25) is 11.2 Å². The number of para-hydroxylation sites is 1. The Labute approximate surface area is 186 Å². The molecule has 0 fully saturated rings. The Kier molecular flexibility index (Phi) is 6.08. The highest BCUT2D eigenvalue weighted by Crippen LogP contribution is 2.31. The maximum absolute atomic E-state index is 13.3. The standard InChI is InChI=1S/C27H25NO4/c1-4-22(27(30)28-20-15-14-17(2)18(3)16-20)31-26-24(29)21-12-8-9-13-23(21)32-25(26)19-10-6-5-7-11-19/h5-16,22H,4H2,1-3H3,(H,28,30). The third-order valence-corrected chi connectivity index (χ3v) is 5.49. The van der Waals surface area contributed by atoms with Gasteiger partial charge in [-0.15, -0.1) is 0 Å². The van der Waals surface area contributed by atoms with Crippen LogP contribution in [0.25, 0.3) is 22.3 Å². The van der Waals surface area contributed by atoms with Crippen LogP contribution in [-0.4, -0.2) is 12.0 Å². The molecule has 0 saturated heterocycles. The van der Waals surface area contributed by atoms with Crippen LogP contribution in [0, 0.1) is 13.8 Å². The van der Waals surface area contributed by atoms with Crippen LogP contribution >= 0.6 is 0 Å². The van der Waals surface area contributed by atoms with Crippen molar-refractivity contribution in [3.8, 4) is 17.1 Å². The van der Waals surface area contributed by atoms with E-state index in [1.165, 1.54) is 0 Å². The van der Waals surface area contributed by atoms with Crippen molar-refractivity contribution in [2.24, 2.45) is 0 Å². The maximum atomic E-state index is 13.3. The number of carbonyl (C=O) groups is 1. The Morgan fingerprint density at radius 1 is 0.969 bits per heavy atom. The number of nitrogens with one attached hydrogen (secondary N) is 1. The number of benzene rings is 3. The van der Waals surface area contributed by atoms with Crippen LogP contribution in [-0.2, 0) is 4.79 Å². The second-order valence-electron chi connectivity index (χ2n) is 7.75.